The van der Waals surface area contributed by atoms with Gasteiger partial charge in [-0.1, -0.05) is 24.3 Å². The molecule has 0 radical (unpaired) electrons. The summed E-state index contributed by atoms with van der Waals surface area (Å²) in [6.07, 6.45) is 12.8. The molecule has 0 unspecified atom stereocenters. The Morgan fingerprint density at radius 2 is 2.00 bits per heavy atom. The van der Waals surface area contributed by atoms with E-state index >= 15 is 0 Å². The van der Waals surface area contributed by atoms with E-state index in [0.717, 1.165) is 0 Å². The van der Waals surface area contributed by atoms with Crippen molar-refractivity contribution in [3.05, 3.63) is 54.4 Å². The molecule has 1 nitrogen and oxygen atoms in total. The molecule has 0 amide bonds. The van der Waals surface area contributed by atoms with Crippen molar-refractivity contribution in [3.8, 4) is 0 Å². The van der Waals surface area contributed by atoms with Crippen LogP contribution in [0, 0.1) is 0 Å². The zero-order valence-electron chi connectivity index (χ0n) is 7.14. The predicted octanol–water partition coefficient (Wildman–Crippen LogP) is 1.72. The summed E-state index contributed by atoms with van der Waals surface area (Å²) in [5, 5.41) is 0. The standard InChI is InChI=1S/C11H12N/c1-12-8-4-7-11(9-12)10-5-2-3-6-10/h2-10H,1H3/q+1. The summed E-state index contributed by atoms with van der Waals surface area (Å²) in [4.78, 5) is 0. The molecule has 0 spiro atoms. The fraction of sp³-hybridized carbons (Fsp3) is 0.182. The first-order valence-corrected chi connectivity index (χ1v) is 4.16. The molecule has 2 rings (SSSR count). The Kier molecular flexibility index (Phi) is 1.78. The van der Waals surface area contributed by atoms with Crippen LogP contribution in [0.2, 0.25) is 0 Å². The van der Waals surface area contributed by atoms with Crippen LogP contribution in [0.25, 0.3) is 0 Å². The normalized spacial score (nSPS) is 15.8. The fourth-order valence-corrected chi connectivity index (χ4v) is 1.46. The summed E-state index contributed by atoms with van der Waals surface area (Å²) in [6, 6.07) is 4.24. The van der Waals surface area contributed by atoms with Crippen LogP contribution in [-0.2, 0) is 7.05 Å². The first-order chi connectivity index (χ1) is 5.86. The number of aryl methyl sites for hydroxylation is 1. The second-order valence-electron chi connectivity index (χ2n) is 3.10. The van der Waals surface area contributed by atoms with Gasteiger partial charge in [0, 0.05) is 17.5 Å². The van der Waals surface area contributed by atoms with Crippen molar-refractivity contribution in [2.45, 2.75) is 5.92 Å². The SMILES string of the molecule is C[n+]1cccc(C2C=CC=C2)c1. The van der Waals surface area contributed by atoms with Crippen LogP contribution in [0.3, 0.4) is 0 Å². The molecule has 1 heterocycles. The van der Waals surface area contributed by atoms with Crippen LogP contribution >= 0.6 is 0 Å². The van der Waals surface area contributed by atoms with Gasteiger partial charge in [-0.3, -0.25) is 0 Å². The third-order valence-corrected chi connectivity index (χ3v) is 2.10. The average molecular weight is 158 g/mol. The van der Waals surface area contributed by atoms with Gasteiger partial charge in [0.15, 0.2) is 12.4 Å². The molecule has 60 valence electrons. The Balaban J connectivity index is 2.34. The Hall–Kier alpha value is -1.37. The van der Waals surface area contributed by atoms with Crippen LogP contribution in [-0.4, -0.2) is 0 Å². The minimum absolute atomic E-state index is 0.484. The third-order valence-electron chi connectivity index (χ3n) is 2.10. The maximum Gasteiger partial charge on any atom is 0.172 e. The highest BCUT2D eigenvalue weighted by Gasteiger charge is 2.08. The monoisotopic (exact) mass is 158 g/mol. The molecule has 0 atom stereocenters. The van der Waals surface area contributed by atoms with E-state index in [2.05, 4.69) is 47.2 Å². The van der Waals surface area contributed by atoms with Gasteiger partial charge in [-0.05, 0) is 6.07 Å². The van der Waals surface area contributed by atoms with E-state index in [0.29, 0.717) is 5.92 Å². The first kappa shape index (κ1) is 7.29. The zero-order valence-corrected chi connectivity index (χ0v) is 7.14. The lowest BCUT2D eigenvalue weighted by atomic mass is 10.0. The van der Waals surface area contributed by atoms with Crippen LogP contribution in [0.15, 0.2) is 48.8 Å². The minimum Gasteiger partial charge on any atom is -0.207 e. The van der Waals surface area contributed by atoms with Crippen LogP contribution < -0.4 is 4.57 Å². The molecule has 0 aromatic carbocycles. The van der Waals surface area contributed by atoms with E-state index in [1.807, 2.05) is 13.2 Å². The molecular formula is C11H12N+. The van der Waals surface area contributed by atoms with Gasteiger partial charge in [0.2, 0.25) is 0 Å². The Morgan fingerprint density at radius 3 is 2.67 bits per heavy atom. The van der Waals surface area contributed by atoms with Gasteiger partial charge < -0.3 is 0 Å². The molecule has 0 bridgehead atoms. The lowest BCUT2D eigenvalue weighted by Crippen LogP contribution is -2.27. The molecular weight excluding hydrogens is 146 g/mol. The number of rotatable bonds is 1. The highest BCUT2D eigenvalue weighted by Crippen LogP contribution is 2.20. The molecule has 1 aromatic heterocycles. The molecule has 1 heteroatoms. The van der Waals surface area contributed by atoms with Gasteiger partial charge in [-0.25, -0.2) is 4.57 Å². The van der Waals surface area contributed by atoms with Crippen LogP contribution in [0.5, 0.6) is 0 Å². The Morgan fingerprint density at radius 1 is 1.25 bits per heavy atom. The number of nitrogens with zero attached hydrogens (tertiary/aromatic N) is 1. The Bertz CT molecular complexity index is 325. The molecule has 0 fully saturated rings. The number of allylic oxidation sites excluding steroid dienone is 4. The topological polar surface area (TPSA) is 3.88 Å². The van der Waals surface area contributed by atoms with Gasteiger partial charge in [-0.15, -0.1) is 0 Å². The molecule has 1 aliphatic rings. The van der Waals surface area contributed by atoms with E-state index < -0.39 is 0 Å². The summed E-state index contributed by atoms with van der Waals surface area (Å²) in [5.41, 5.74) is 1.35. The summed E-state index contributed by atoms with van der Waals surface area (Å²) < 4.78 is 2.08. The lowest BCUT2D eigenvalue weighted by Gasteiger charge is -2.01. The van der Waals surface area contributed by atoms with E-state index in [9.17, 15) is 0 Å². The smallest absolute Gasteiger partial charge is 0.172 e. The first-order valence-electron chi connectivity index (χ1n) is 4.16. The highest BCUT2D eigenvalue weighted by atomic mass is 14.9. The maximum atomic E-state index is 2.20. The summed E-state index contributed by atoms with van der Waals surface area (Å²) in [6.45, 7) is 0. The molecule has 0 N–H and O–H groups in total. The highest BCUT2D eigenvalue weighted by molar-refractivity contribution is 5.31. The molecule has 1 aliphatic carbocycles. The van der Waals surface area contributed by atoms with Crippen molar-refractivity contribution in [2.24, 2.45) is 7.05 Å². The number of hydrogen-bond donors (Lipinski definition) is 0. The predicted molar refractivity (Wildman–Crippen MR) is 48.6 cm³/mol. The van der Waals surface area contributed by atoms with E-state index in [-0.39, 0.29) is 0 Å². The van der Waals surface area contributed by atoms with Gasteiger partial charge in [0.05, 0.1) is 0 Å². The van der Waals surface area contributed by atoms with Crippen molar-refractivity contribution in [1.82, 2.24) is 0 Å². The van der Waals surface area contributed by atoms with Crippen LogP contribution in [0.1, 0.15) is 11.5 Å². The van der Waals surface area contributed by atoms with Crippen molar-refractivity contribution in [2.75, 3.05) is 0 Å². The van der Waals surface area contributed by atoms with E-state index in [4.69, 9.17) is 0 Å². The van der Waals surface area contributed by atoms with Gasteiger partial charge in [-0.2, -0.15) is 0 Å². The molecule has 1 aromatic rings. The zero-order chi connectivity index (χ0) is 8.39. The van der Waals surface area contributed by atoms with Crippen molar-refractivity contribution >= 4 is 0 Å². The van der Waals surface area contributed by atoms with Gasteiger partial charge in [0.1, 0.15) is 7.05 Å². The number of pyridine rings is 1. The summed E-state index contributed by atoms with van der Waals surface area (Å²) in [7, 11) is 2.05. The average Bonchev–Trinajstić information content (AvgIpc) is 2.56. The van der Waals surface area contributed by atoms with E-state index in [1.54, 1.807) is 0 Å². The van der Waals surface area contributed by atoms with Crippen molar-refractivity contribution < 1.29 is 4.57 Å². The second kappa shape index (κ2) is 2.94. The molecule has 12 heavy (non-hydrogen) atoms. The van der Waals surface area contributed by atoms with Gasteiger partial charge in [0.25, 0.3) is 0 Å². The van der Waals surface area contributed by atoms with Crippen molar-refractivity contribution in [1.29, 1.82) is 0 Å². The van der Waals surface area contributed by atoms with Gasteiger partial charge >= 0.3 is 0 Å². The molecule has 0 saturated carbocycles. The van der Waals surface area contributed by atoms with Crippen molar-refractivity contribution in [3.63, 3.8) is 0 Å². The number of aromatic nitrogens is 1. The molecule has 0 aliphatic heterocycles. The van der Waals surface area contributed by atoms with E-state index in [1.165, 1.54) is 5.56 Å². The second-order valence-corrected chi connectivity index (χ2v) is 3.10. The number of hydrogen-bond acceptors (Lipinski definition) is 0. The molecule has 0 saturated heterocycles. The van der Waals surface area contributed by atoms with Crippen LogP contribution in [0.4, 0.5) is 0 Å². The largest absolute Gasteiger partial charge is 0.207 e. The fourth-order valence-electron chi connectivity index (χ4n) is 1.46. The third kappa shape index (κ3) is 1.30. The quantitative estimate of drug-likeness (QED) is 0.548. The Labute approximate surface area is 72.7 Å². The maximum absolute atomic E-state index is 2.20. The summed E-state index contributed by atoms with van der Waals surface area (Å²) in [5.74, 6) is 0.484. The lowest BCUT2D eigenvalue weighted by molar-refractivity contribution is -0.671. The minimum atomic E-state index is 0.484. The summed E-state index contributed by atoms with van der Waals surface area (Å²) >= 11 is 0.